The molecule has 0 aromatic carbocycles. The van der Waals surface area contributed by atoms with Crippen molar-refractivity contribution >= 4 is 11.9 Å². The van der Waals surface area contributed by atoms with Crippen LogP contribution in [-0.2, 0) is 47.5 Å². The van der Waals surface area contributed by atoms with E-state index in [-0.39, 0.29) is 38.4 Å². The fraction of sp³-hybridized carbons (Fsp3) is 0.900. The molecule has 0 amide bonds. The van der Waals surface area contributed by atoms with E-state index in [1.807, 2.05) is 13.8 Å². The van der Waals surface area contributed by atoms with Gasteiger partial charge in [0.05, 0.1) is 66.1 Å². The average Bonchev–Trinajstić information content (AvgIpc) is 2.69. The Kier molecular flexibility index (Phi) is 13.1. The Morgan fingerprint density at radius 3 is 1.33 bits per heavy atom. The van der Waals surface area contributed by atoms with Crippen LogP contribution in [0.1, 0.15) is 27.7 Å². The number of esters is 2. The smallest absolute Gasteiger partial charge is 0.302 e. The molecule has 1 fully saturated rings. The summed E-state index contributed by atoms with van der Waals surface area (Å²) in [5.41, 5.74) is -1.60. The number of carbonyl (C=O) groups is 2. The second-order valence-corrected chi connectivity index (χ2v) is 7.49. The Bertz CT molecular complexity index is 456. The summed E-state index contributed by atoms with van der Waals surface area (Å²) < 4.78 is 44.2. The molecule has 0 aromatic rings. The van der Waals surface area contributed by atoms with Crippen LogP contribution in [0.5, 0.6) is 0 Å². The molecule has 10 heteroatoms. The SMILES string of the molecule is CC(=O)OC[C@]1(C)COCCOC[C@@](C)(COC(C)=O)OCCOCCOCCO1. The van der Waals surface area contributed by atoms with Gasteiger partial charge < -0.3 is 37.9 Å². The first-order valence-corrected chi connectivity index (χ1v) is 10.1. The van der Waals surface area contributed by atoms with Gasteiger partial charge in [-0.15, -0.1) is 0 Å². The van der Waals surface area contributed by atoms with Crippen LogP contribution in [0.2, 0.25) is 0 Å². The van der Waals surface area contributed by atoms with E-state index in [0.29, 0.717) is 52.9 Å². The van der Waals surface area contributed by atoms with Gasteiger partial charge in [-0.2, -0.15) is 0 Å². The third-order valence-electron chi connectivity index (χ3n) is 4.08. The van der Waals surface area contributed by atoms with Crippen molar-refractivity contribution in [3.8, 4) is 0 Å². The maximum absolute atomic E-state index is 11.2. The molecule has 1 saturated heterocycles. The molecular formula is C20H36O10. The van der Waals surface area contributed by atoms with Crippen LogP contribution in [0.15, 0.2) is 0 Å². The topological polar surface area (TPSA) is 108 Å². The van der Waals surface area contributed by atoms with Gasteiger partial charge in [-0.05, 0) is 13.8 Å². The van der Waals surface area contributed by atoms with Gasteiger partial charge >= 0.3 is 11.9 Å². The minimum Gasteiger partial charge on any atom is -0.463 e. The van der Waals surface area contributed by atoms with Crippen molar-refractivity contribution < 1.29 is 47.5 Å². The summed E-state index contributed by atoms with van der Waals surface area (Å²) in [5, 5.41) is 0. The van der Waals surface area contributed by atoms with Gasteiger partial charge in [0.15, 0.2) is 0 Å². The molecule has 1 aliphatic heterocycles. The van der Waals surface area contributed by atoms with Crippen molar-refractivity contribution in [1.82, 2.24) is 0 Å². The molecule has 1 heterocycles. The third kappa shape index (κ3) is 13.1. The number of ether oxygens (including phenoxy) is 8. The summed E-state index contributed by atoms with van der Waals surface area (Å²) in [5.74, 6) is -0.772. The summed E-state index contributed by atoms with van der Waals surface area (Å²) >= 11 is 0. The normalized spacial score (nSPS) is 28.7. The molecule has 0 radical (unpaired) electrons. The Labute approximate surface area is 178 Å². The first kappa shape index (κ1) is 26.7. The fourth-order valence-corrected chi connectivity index (χ4v) is 2.47. The third-order valence-corrected chi connectivity index (χ3v) is 4.08. The zero-order valence-corrected chi connectivity index (χ0v) is 18.6. The van der Waals surface area contributed by atoms with Gasteiger partial charge in [0, 0.05) is 13.8 Å². The Morgan fingerprint density at radius 2 is 0.967 bits per heavy atom. The fourth-order valence-electron chi connectivity index (χ4n) is 2.47. The van der Waals surface area contributed by atoms with Crippen LogP contribution in [0.4, 0.5) is 0 Å². The van der Waals surface area contributed by atoms with Crippen LogP contribution >= 0.6 is 0 Å². The van der Waals surface area contributed by atoms with E-state index < -0.39 is 11.2 Å². The van der Waals surface area contributed by atoms with E-state index in [0.717, 1.165) is 0 Å². The van der Waals surface area contributed by atoms with Gasteiger partial charge in [0.25, 0.3) is 0 Å². The maximum Gasteiger partial charge on any atom is 0.302 e. The van der Waals surface area contributed by atoms with Crippen LogP contribution in [0.3, 0.4) is 0 Å². The summed E-state index contributed by atoms with van der Waals surface area (Å²) in [6.07, 6.45) is 0. The lowest BCUT2D eigenvalue weighted by Crippen LogP contribution is -2.42. The van der Waals surface area contributed by atoms with E-state index in [1.165, 1.54) is 13.8 Å². The molecule has 0 saturated carbocycles. The predicted octanol–water partition coefficient (Wildman–Crippen LogP) is 0.743. The molecule has 10 nitrogen and oxygen atoms in total. The van der Waals surface area contributed by atoms with Gasteiger partial charge in [0.1, 0.15) is 24.4 Å². The van der Waals surface area contributed by atoms with Crippen LogP contribution in [0, 0.1) is 0 Å². The average molecular weight is 436 g/mol. The molecule has 2 atom stereocenters. The number of carbonyl (C=O) groups excluding carboxylic acids is 2. The first-order valence-electron chi connectivity index (χ1n) is 10.1. The van der Waals surface area contributed by atoms with Crippen LogP contribution in [-0.4, -0.2) is 102 Å². The maximum atomic E-state index is 11.2. The highest BCUT2D eigenvalue weighted by Crippen LogP contribution is 2.14. The second kappa shape index (κ2) is 14.7. The van der Waals surface area contributed by atoms with E-state index in [4.69, 9.17) is 37.9 Å². The van der Waals surface area contributed by atoms with Gasteiger partial charge in [-0.3, -0.25) is 9.59 Å². The zero-order valence-electron chi connectivity index (χ0n) is 18.6. The van der Waals surface area contributed by atoms with Crippen LogP contribution in [0.25, 0.3) is 0 Å². The van der Waals surface area contributed by atoms with Gasteiger partial charge in [-0.25, -0.2) is 0 Å². The van der Waals surface area contributed by atoms with Gasteiger partial charge in [-0.1, -0.05) is 0 Å². The predicted molar refractivity (Wildman–Crippen MR) is 105 cm³/mol. The molecule has 0 N–H and O–H groups in total. The van der Waals surface area contributed by atoms with Crippen molar-refractivity contribution in [2.45, 2.75) is 38.9 Å². The minimum atomic E-state index is -0.802. The lowest BCUT2D eigenvalue weighted by Gasteiger charge is -2.30. The number of rotatable bonds is 4. The largest absolute Gasteiger partial charge is 0.463 e. The molecule has 0 aromatic heterocycles. The lowest BCUT2D eigenvalue weighted by molar-refractivity contribution is -0.169. The van der Waals surface area contributed by atoms with E-state index in [1.54, 1.807) is 0 Å². The highest BCUT2D eigenvalue weighted by Gasteiger charge is 2.29. The molecule has 30 heavy (non-hydrogen) atoms. The summed E-state index contributed by atoms with van der Waals surface area (Å²) in [6, 6.07) is 0. The molecule has 0 spiro atoms. The second-order valence-electron chi connectivity index (χ2n) is 7.49. The van der Waals surface area contributed by atoms with Crippen molar-refractivity contribution in [2.24, 2.45) is 0 Å². The van der Waals surface area contributed by atoms with E-state index >= 15 is 0 Å². The first-order chi connectivity index (χ1) is 14.2. The van der Waals surface area contributed by atoms with Crippen molar-refractivity contribution in [3.63, 3.8) is 0 Å². The molecule has 0 unspecified atom stereocenters. The Balaban J connectivity index is 2.59. The lowest BCUT2D eigenvalue weighted by atomic mass is 10.1. The number of hydrogen-bond donors (Lipinski definition) is 0. The highest BCUT2D eigenvalue weighted by molar-refractivity contribution is 5.66. The van der Waals surface area contributed by atoms with Crippen molar-refractivity contribution in [2.75, 3.05) is 79.3 Å². The molecular weight excluding hydrogens is 400 g/mol. The monoisotopic (exact) mass is 436 g/mol. The quantitative estimate of drug-likeness (QED) is 0.586. The molecule has 0 aliphatic carbocycles. The van der Waals surface area contributed by atoms with Crippen molar-refractivity contribution in [3.05, 3.63) is 0 Å². The standard InChI is InChI=1S/C20H36O10/c1-17(21)27-15-19(3)13-25-7-8-26-14-20(4,16-28-18(2)22)30-12-10-24-6-5-23-9-11-29-19/h5-16H2,1-4H3/t19-,20-/m0/s1. The van der Waals surface area contributed by atoms with Crippen LogP contribution < -0.4 is 0 Å². The number of hydrogen-bond acceptors (Lipinski definition) is 10. The molecule has 1 rings (SSSR count). The van der Waals surface area contributed by atoms with Gasteiger partial charge in [0.2, 0.25) is 0 Å². The Morgan fingerprint density at radius 1 is 0.633 bits per heavy atom. The highest BCUT2D eigenvalue weighted by atomic mass is 16.6. The summed E-state index contributed by atoms with van der Waals surface area (Å²) in [4.78, 5) is 22.3. The molecule has 0 bridgehead atoms. The summed E-state index contributed by atoms with van der Waals surface area (Å²) in [6.45, 7) is 9.72. The zero-order chi connectivity index (χ0) is 22.3. The minimum absolute atomic E-state index is 0.0700. The van der Waals surface area contributed by atoms with E-state index in [2.05, 4.69) is 0 Å². The van der Waals surface area contributed by atoms with E-state index in [9.17, 15) is 9.59 Å². The summed E-state index contributed by atoms with van der Waals surface area (Å²) in [7, 11) is 0. The Hall–Kier alpha value is -1.30. The molecule has 1 aliphatic rings. The van der Waals surface area contributed by atoms with Crippen molar-refractivity contribution in [1.29, 1.82) is 0 Å². The molecule has 176 valence electrons.